The van der Waals surface area contributed by atoms with E-state index in [1.807, 2.05) is 0 Å². The fraction of sp³-hybridized carbons (Fsp3) is 0.500. The molecule has 0 spiro atoms. The summed E-state index contributed by atoms with van der Waals surface area (Å²) in [7, 11) is 1.30. The van der Waals surface area contributed by atoms with Gasteiger partial charge >= 0.3 is 12.3 Å². The van der Waals surface area contributed by atoms with E-state index in [-0.39, 0.29) is 35.8 Å². The van der Waals surface area contributed by atoms with Crippen LogP contribution in [0.25, 0.3) is 0 Å². The van der Waals surface area contributed by atoms with E-state index in [1.165, 1.54) is 7.11 Å². The highest BCUT2D eigenvalue weighted by atomic mass is 35.5. The number of esters is 1. The van der Waals surface area contributed by atoms with Crippen molar-refractivity contribution in [3.63, 3.8) is 0 Å². The molecular formula is C12H13ClF3NO4. The molecule has 0 bridgehead atoms. The van der Waals surface area contributed by atoms with Crippen molar-refractivity contribution in [2.45, 2.75) is 25.6 Å². The van der Waals surface area contributed by atoms with E-state index in [0.717, 1.165) is 6.20 Å². The molecule has 1 rings (SSSR count). The molecule has 0 N–H and O–H groups in total. The molecule has 1 heterocycles. The Balaban J connectivity index is 3.23. The minimum absolute atomic E-state index is 0.0682. The van der Waals surface area contributed by atoms with Crippen LogP contribution in [0.4, 0.5) is 13.2 Å². The molecular weight excluding hydrogens is 315 g/mol. The van der Waals surface area contributed by atoms with Gasteiger partial charge in [-0.3, -0.25) is 4.79 Å². The average Bonchev–Trinajstić information content (AvgIpc) is 2.37. The van der Waals surface area contributed by atoms with Crippen LogP contribution in [0.3, 0.4) is 0 Å². The molecule has 0 aliphatic heterocycles. The van der Waals surface area contributed by atoms with E-state index in [4.69, 9.17) is 21.1 Å². The molecule has 21 heavy (non-hydrogen) atoms. The van der Waals surface area contributed by atoms with E-state index in [0.29, 0.717) is 0 Å². The number of methoxy groups -OCH3 is 1. The number of pyridine rings is 1. The Morgan fingerprint density at radius 3 is 2.52 bits per heavy atom. The second-order valence-electron chi connectivity index (χ2n) is 3.75. The van der Waals surface area contributed by atoms with Crippen molar-refractivity contribution in [2.75, 3.05) is 13.7 Å². The van der Waals surface area contributed by atoms with E-state index < -0.39 is 18.2 Å². The normalized spacial score (nSPS) is 11.1. The third-order valence-corrected chi connectivity index (χ3v) is 2.68. The lowest BCUT2D eigenvalue weighted by Gasteiger charge is -2.16. The zero-order valence-corrected chi connectivity index (χ0v) is 12.0. The number of aromatic nitrogens is 1. The molecule has 5 nitrogen and oxygen atoms in total. The number of hydrogen-bond donors (Lipinski definition) is 0. The summed E-state index contributed by atoms with van der Waals surface area (Å²) in [5, 5.41) is 0. The number of alkyl halides is 4. The summed E-state index contributed by atoms with van der Waals surface area (Å²) in [4.78, 5) is 15.1. The highest BCUT2D eigenvalue weighted by molar-refractivity contribution is 6.17. The molecule has 1 aromatic rings. The first-order chi connectivity index (χ1) is 9.82. The molecule has 0 saturated heterocycles. The zero-order valence-electron chi connectivity index (χ0n) is 11.3. The Morgan fingerprint density at radius 2 is 2.05 bits per heavy atom. The quantitative estimate of drug-likeness (QED) is 0.594. The standard InChI is InChI=1S/C12H13ClF3NO4/c1-3-20-10(18)4-7-8(5-13)11(21-12(14,15)16)17-6-9(7)19-2/h6H,3-5H2,1-2H3. The Hall–Kier alpha value is -1.70. The molecule has 0 saturated carbocycles. The van der Waals surface area contributed by atoms with Gasteiger partial charge in [-0.15, -0.1) is 24.8 Å². The van der Waals surface area contributed by atoms with Crippen molar-refractivity contribution in [2.24, 2.45) is 0 Å². The van der Waals surface area contributed by atoms with Crippen molar-refractivity contribution in [1.82, 2.24) is 4.98 Å². The highest BCUT2D eigenvalue weighted by Gasteiger charge is 2.34. The van der Waals surface area contributed by atoms with Crippen molar-refractivity contribution < 1.29 is 32.2 Å². The van der Waals surface area contributed by atoms with Gasteiger partial charge in [-0.1, -0.05) is 0 Å². The number of halogens is 4. The average molecular weight is 328 g/mol. The van der Waals surface area contributed by atoms with E-state index in [1.54, 1.807) is 6.92 Å². The largest absolute Gasteiger partial charge is 0.574 e. The summed E-state index contributed by atoms with van der Waals surface area (Å²) >= 11 is 5.66. The van der Waals surface area contributed by atoms with Gasteiger partial charge in [0.1, 0.15) is 5.75 Å². The predicted molar refractivity (Wildman–Crippen MR) is 67.4 cm³/mol. The van der Waals surface area contributed by atoms with Crippen LogP contribution in [0, 0.1) is 0 Å². The van der Waals surface area contributed by atoms with Crippen LogP contribution in [-0.4, -0.2) is 31.0 Å². The molecule has 1 aromatic heterocycles. The van der Waals surface area contributed by atoms with Crippen molar-refractivity contribution in [3.8, 4) is 11.6 Å². The van der Waals surface area contributed by atoms with Crippen LogP contribution in [0.1, 0.15) is 18.1 Å². The molecule has 0 aliphatic carbocycles. The Labute approximate surface area is 124 Å². The molecule has 0 fully saturated rings. The maximum atomic E-state index is 12.3. The maximum absolute atomic E-state index is 12.3. The van der Waals surface area contributed by atoms with Crippen molar-refractivity contribution >= 4 is 17.6 Å². The molecule has 0 unspecified atom stereocenters. The first-order valence-corrected chi connectivity index (χ1v) is 6.37. The number of nitrogens with zero attached hydrogens (tertiary/aromatic N) is 1. The predicted octanol–water partition coefficient (Wildman–Crippen LogP) is 2.83. The number of carbonyl (C=O) groups is 1. The molecule has 0 aliphatic rings. The van der Waals surface area contributed by atoms with Crippen LogP contribution in [0.15, 0.2) is 6.20 Å². The van der Waals surface area contributed by atoms with E-state index >= 15 is 0 Å². The summed E-state index contributed by atoms with van der Waals surface area (Å²) in [6.07, 6.45) is -4.18. The van der Waals surface area contributed by atoms with Gasteiger partial charge < -0.3 is 14.2 Å². The monoisotopic (exact) mass is 327 g/mol. The van der Waals surface area contributed by atoms with Gasteiger partial charge in [0.15, 0.2) is 0 Å². The van der Waals surface area contributed by atoms with Gasteiger partial charge in [-0.05, 0) is 6.92 Å². The van der Waals surface area contributed by atoms with Crippen LogP contribution < -0.4 is 9.47 Å². The lowest BCUT2D eigenvalue weighted by Crippen LogP contribution is -2.20. The van der Waals surface area contributed by atoms with Crippen LogP contribution in [0.2, 0.25) is 0 Å². The molecule has 0 aromatic carbocycles. The Bertz CT molecular complexity index is 508. The maximum Gasteiger partial charge on any atom is 0.574 e. The minimum atomic E-state index is -4.91. The summed E-state index contributed by atoms with van der Waals surface area (Å²) in [6, 6.07) is 0. The number of carbonyl (C=O) groups excluding carboxylic acids is 1. The van der Waals surface area contributed by atoms with Gasteiger partial charge in [0.2, 0.25) is 5.88 Å². The van der Waals surface area contributed by atoms with Crippen LogP contribution >= 0.6 is 11.6 Å². The van der Waals surface area contributed by atoms with Gasteiger partial charge in [0.05, 0.1) is 32.2 Å². The number of rotatable bonds is 6. The van der Waals surface area contributed by atoms with E-state index in [2.05, 4.69) is 9.72 Å². The molecule has 0 atom stereocenters. The van der Waals surface area contributed by atoms with Crippen LogP contribution in [-0.2, 0) is 21.8 Å². The lowest BCUT2D eigenvalue weighted by atomic mass is 10.1. The van der Waals surface area contributed by atoms with Crippen molar-refractivity contribution in [1.29, 1.82) is 0 Å². The summed E-state index contributed by atoms with van der Waals surface area (Å²) in [5.41, 5.74) is 0.0848. The number of hydrogen-bond acceptors (Lipinski definition) is 5. The van der Waals surface area contributed by atoms with E-state index in [9.17, 15) is 18.0 Å². The SMILES string of the molecule is CCOC(=O)Cc1c(OC)cnc(OC(F)(F)F)c1CCl. The smallest absolute Gasteiger partial charge is 0.495 e. The summed E-state index contributed by atoms with van der Waals surface area (Å²) < 4.78 is 50.5. The third-order valence-electron chi connectivity index (χ3n) is 2.41. The topological polar surface area (TPSA) is 57.7 Å². The third kappa shape index (κ3) is 4.96. The van der Waals surface area contributed by atoms with Crippen molar-refractivity contribution in [3.05, 3.63) is 17.3 Å². The van der Waals surface area contributed by atoms with Gasteiger partial charge in [-0.25, -0.2) is 4.98 Å². The molecule has 118 valence electrons. The number of ether oxygens (including phenoxy) is 3. The van der Waals surface area contributed by atoms with Crippen LogP contribution in [0.5, 0.6) is 11.6 Å². The second-order valence-corrected chi connectivity index (χ2v) is 4.02. The first-order valence-electron chi connectivity index (χ1n) is 5.84. The Morgan fingerprint density at radius 1 is 1.38 bits per heavy atom. The second kappa shape index (κ2) is 7.35. The van der Waals surface area contributed by atoms with Gasteiger partial charge in [0, 0.05) is 11.1 Å². The molecule has 0 radical (unpaired) electrons. The van der Waals surface area contributed by atoms with Gasteiger partial charge in [0.25, 0.3) is 0 Å². The fourth-order valence-electron chi connectivity index (χ4n) is 1.61. The lowest BCUT2D eigenvalue weighted by molar-refractivity contribution is -0.276. The molecule has 9 heteroatoms. The fourth-order valence-corrected chi connectivity index (χ4v) is 1.89. The molecule has 0 amide bonds. The minimum Gasteiger partial charge on any atom is -0.495 e. The highest BCUT2D eigenvalue weighted by Crippen LogP contribution is 2.33. The van der Waals surface area contributed by atoms with Gasteiger partial charge in [-0.2, -0.15) is 0 Å². The zero-order chi connectivity index (χ0) is 16.0. The summed E-state index contributed by atoms with van der Waals surface area (Å²) in [5.74, 6) is -1.53. The summed E-state index contributed by atoms with van der Waals surface area (Å²) in [6.45, 7) is 1.76. The first kappa shape index (κ1) is 17.4. The Kier molecular flexibility index (Phi) is 6.07.